The normalized spacial score (nSPS) is 12.4. The molecule has 1 atom stereocenters. The molecule has 19 heavy (non-hydrogen) atoms. The summed E-state index contributed by atoms with van der Waals surface area (Å²) < 4.78 is 1.16. The van der Waals surface area contributed by atoms with Gasteiger partial charge in [-0.2, -0.15) is 0 Å². The van der Waals surface area contributed by atoms with Crippen molar-refractivity contribution in [2.24, 2.45) is 0 Å². The Morgan fingerprint density at radius 2 is 1.68 bits per heavy atom. The van der Waals surface area contributed by atoms with Crippen LogP contribution in [0.5, 0.6) is 0 Å². The molecule has 0 saturated carbocycles. The van der Waals surface area contributed by atoms with Crippen LogP contribution in [0.1, 0.15) is 35.3 Å². The van der Waals surface area contributed by atoms with Crippen molar-refractivity contribution in [3.8, 4) is 0 Å². The first kappa shape index (κ1) is 14.5. The summed E-state index contributed by atoms with van der Waals surface area (Å²) in [7, 11) is 0. The van der Waals surface area contributed by atoms with Gasteiger partial charge in [-0.15, -0.1) is 0 Å². The maximum atomic E-state index is 10.4. The molecule has 0 radical (unpaired) electrons. The van der Waals surface area contributed by atoms with Gasteiger partial charge in [0.15, 0.2) is 0 Å². The van der Waals surface area contributed by atoms with Gasteiger partial charge in [0, 0.05) is 9.99 Å². The van der Waals surface area contributed by atoms with Crippen LogP contribution in [0.2, 0.25) is 0 Å². The number of halogens is 1. The highest BCUT2D eigenvalue weighted by Crippen LogP contribution is 2.25. The Morgan fingerprint density at radius 3 is 2.32 bits per heavy atom. The molecule has 0 aliphatic carbocycles. The van der Waals surface area contributed by atoms with Crippen LogP contribution in [0.4, 0.5) is 0 Å². The van der Waals surface area contributed by atoms with Gasteiger partial charge in [-0.25, -0.2) is 0 Å². The Labute approximate surface area is 128 Å². The van der Waals surface area contributed by atoms with E-state index in [-0.39, 0.29) is 0 Å². The lowest BCUT2D eigenvalue weighted by Gasteiger charge is -2.14. The molecule has 0 bridgehead atoms. The first-order chi connectivity index (χ1) is 9.11. The number of aliphatic hydroxyl groups is 1. The minimum absolute atomic E-state index is 0.431. The van der Waals surface area contributed by atoms with E-state index >= 15 is 0 Å². The van der Waals surface area contributed by atoms with E-state index in [0.29, 0.717) is 6.42 Å². The van der Waals surface area contributed by atoms with E-state index in [9.17, 15) is 5.11 Å². The van der Waals surface area contributed by atoms with Crippen LogP contribution in [0, 0.1) is 10.5 Å². The SMILES string of the molecule is CCc1ccc(CC(O)c2cccc(C)c2I)cc1. The third-order valence-electron chi connectivity index (χ3n) is 3.44. The zero-order chi connectivity index (χ0) is 13.8. The largest absolute Gasteiger partial charge is 0.388 e. The number of rotatable bonds is 4. The van der Waals surface area contributed by atoms with Crippen LogP contribution in [0.3, 0.4) is 0 Å². The number of benzene rings is 2. The fraction of sp³-hybridized carbons (Fsp3) is 0.294. The van der Waals surface area contributed by atoms with Crippen molar-refractivity contribution in [1.29, 1.82) is 0 Å². The predicted octanol–water partition coefficient (Wildman–Crippen LogP) is 4.44. The molecule has 0 aromatic heterocycles. The molecule has 0 heterocycles. The number of aryl methyl sites for hydroxylation is 2. The summed E-state index contributed by atoms with van der Waals surface area (Å²) in [5.74, 6) is 0. The Balaban J connectivity index is 2.15. The Bertz CT molecular complexity index is 546. The molecule has 1 nitrogen and oxygen atoms in total. The van der Waals surface area contributed by atoms with E-state index in [4.69, 9.17) is 0 Å². The molecule has 0 saturated heterocycles. The van der Waals surface area contributed by atoms with E-state index in [1.807, 2.05) is 12.1 Å². The van der Waals surface area contributed by atoms with Crippen molar-refractivity contribution >= 4 is 22.6 Å². The first-order valence-electron chi connectivity index (χ1n) is 6.62. The average molecular weight is 366 g/mol. The molecule has 2 aromatic rings. The molecular formula is C17H19IO. The summed E-state index contributed by atoms with van der Waals surface area (Å²) in [6.07, 6.45) is 1.29. The van der Waals surface area contributed by atoms with E-state index in [1.54, 1.807) is 0 Å². The lowest BCUT2D eigenvalue weighted by molar-refractivity contribution is 0.177. The zero-order valence-electron chi connectivity index (χ0n) is 11.4. The van der Waals surface area contributed by atoms with Gasteiger partial charge >= 0.3 is 0 Å². The summed E-state index contributed by atoms with van der Waals surface area (Å²) in [5, 5.41) is 10.4. The van der Waals surface area contributed by atoms with E-state index in [0.717, 1.165) is 15.6 Å². The van der Waals surface area contributed by atoms with Gasteiger partial charge in [-0.3, -0.25) is 0 Å². The van der Waals surface area contributed by atoms with E-state index < -0.39 is 6.10 Å². The van der Waals surface area contributed by atoms with Gasteiger partial charge in [0.1, 0.15) is 0 Å². The third kappa shape index (κ3) is 3.57. The smallest absolute Gasteiger partial charge is 0.0840 e. The van der Waals surface area contributed by atoms with Gasteiger partial charge in [-0.05, 0) is 58.2 Å². The molecule has 2 heteroatoms. The van der Waals surface area contributed by atoms with Crippen molar-refractivity contribution in [3.63, 3.8) is 0 Å². The fourth-order valence-electron chi connectivity index (χ4n) is 2.17. The average Bonchev–Trinajstić information content (AvgIpc) is 2.42. The number of hydrogen-bond acceptors (Lipinski definition) is 1. The molecule has 2 aromatic carbocycles. The summed E-state index contributed by atoms with van der Waals surface area (Å²) >= 11 is 2.31. The molecule has 2 rings (SSSR count). The lowest BCUT2D eigenvalue weighted by Crippen LogP contribution is -2.05. The monoisotopic (exact) mass is 366 g/mol. The molecule has 1 N–H and O–H groups in total. The zero-order valence-corrected chi connectivity index (χ0v) is 13.5. The molecule has 0 aliphatic heterocycles. The van der Waals surface area contributed by atoms with Crippen LogP contribution < -0.4 is 0 Å². The standard InChI is InChI=1S/C17H19IO/c1-3-13-7-9-14(10-8-13)11-16(19)15-6-4-5-12(2)17(15)18/h4-10,16,19H,3,11H2,1-2H3. The molecule has 0 fully saturated rings. The van der Waals surface area contributed by atoms with Crippen LogP contribution in [0.25, 0.3) is 0 Å². The van der Waals surface area contributed by atoms with E-state index in [2.05, 4.69) is 66.8 Å². The molecule has 1 unspecified atom stereocenters. The fourth-order valence-corrected chi connectivity index (χ4v) is 2.89. The maximum Gasteiger partial charge on any atom is 0.0840 e. The molecule has 100 valence electrons. The Hall–Kier alpha value is -0.870. The minimum atomic E-state index is -0.431. The van der Waals surface area contributed by atoms with Crippen molar-refractivity contribution < 1.29 is 5.11 Å². The number of hydrogen-bond donors (Lipinski definition) is 1. The van der Waals surface area contributed by atoms with Crippen molar-refractivity contribution in [1.82, 2.24) is 0 Å². The second kappa shape index (κ2) is 6.53. The van der Waals surface area contributed by atoms with Gasteiger partial charge in [0.05, 0.1) is 6.10 Å². The minimum Gasteiger partial charge on any atom is -0.388 e. The second-order valence-corrected chi connectivity index (χ2v) is 5.95. The maximum absolute atomic E-state index is 10.4. The summed E-state index contributed by atoms with van der Waals surface area (Å²) in [4.78, 5) is 0. The predicted molar refractivity (Wildman–Crippen MR) is 88.4 cm³/mol. The van der Waals surface area contributed by atoms with Gasteiger partial charge in [0.2, 0.25) is 0 Å². The third-order valence-corrected chi connectivity index (χ3v) is 4.91. The number of aliphatic hydroxyl groups excluding tert-OH is 1. The van der Waals surface area contributed by atoms with Crippen LogP contribution >= 0.6 is 22.6 Å². The summed E-state index contributed by atoms with van der Waals surface area (Å²) in [6, 6.07) is 14.6. The molecule has 0 amide bonds. The van der Waals surface area contributed by atoms with Crippen LogP contribution in [0.15, 0.2) is 42.5 Å². The molecule has 0 aliphatic rings. The molecular weight excluding hydrogens is 347 g/mol. The second-order valence-electron chi connectivity index (χ2n) is 4.87. The highest BCUT2D eigenvalue weighted by molar-refractivity contribution is 14.1. The van der Waals surface area contributed by atoms with E-state index in [1.165, 1.54) is 16.7 Å². The lowest BCUT2D eigenvalue weighted by atomic mass is 9.99. The van der Waals surface area contributed by atoms with Crippen molar-refractivity contribution in [3.05, 3.63) is 68.3 Å². The topological polar surface area (TPSA) is 20.2 Å². The van der Waals surface area contributed by atoms with Gasteiger partial charge in [-0.1, -0.05) is 49.4 Å². The van der Waals surface area contributed by atoms with Crippen LogP contribution in [-0.2, 0) is 12.8 Å². The van der Waals surface area contributed by atoms with Crippen molar-refractivity contribution in [2.45, 2.75) is 32.8 Å². The Morgan fingerprint density at radius 1 is 1.05 bits per heavy atom. The summed E-state index contributed by atoms with van der Waals surface area (Å²) in [6.45, 7) is 4.23. The van der Waals surface area contributed by atoms with Gasteiger partial charge in [0.25, 0.3) is 0 Å². The quantitative estimate of drug-likeness (QED) is 0.794. The summed E-state index contributed by atoms with van der Waals surface area (Å²) in [5.41, 5.74) is 4.77. The van der Waals surface area contributed by atoms with Gasteiger partial charge < -0.3 is 5.11 Å². The highest BCUT2D eigenvalue weighted by Gasteiger charge is 2.13. The Kier molecular flexibility index (Phi) is 4.99. The van der Waals surface area contributed by atoms with Crippen molar-refractivity contribution in [2.75, 3.05) is 0 Å². The highest BCUT2D eigenvalue weighted by atomic mass is 127. The first-order valence-corrected chi connectivity index (χ1v) is 7.70. The van der Waals surface area contributed by atoms with Crippen LogP contribution in [-0.4, -0.2) is 5.11 Å². The molecule has 0 spiro atoms.